The van der Waals surface area contributed by atoms with Crippen molar-refractivity contribution in [3.8, 4) is 11.5 Å². The molecule has 2 aromatic rings. The Morgan fingerprint density at radius 3 is 2.38 bits per heavy atom. The third-order valence-electron chi connectivity index (χ3n) is 3.25. The van der Waals surface area contributed by atoms with E-state index < -0.39 is 0 Å². The highest BCUT2D eigenvalue weighted by Crippen LogP contribution is 2.22. The lowest BCUT2D eigenvalue weighted by Gasteiger charge is -2.16. The molecule has 0 unspecified atom stereocenters. The van der Waals surface area contributed by atoms with Crippen LogP contribution in [0.2, 0.25) is 5.02 Å². The molecule has 0 saturated carbocycles. The van der Waals surface area contributed by atoms with Crippen molar-refractivity contribution < 1.29 is 9.47 Å². The van der Waals surface area contributed by atoms with E-state index in [0.717, 1.165) is 28.6 Å². The summed E-state index contributed by atoms with van der Waals surface area (Å²) in [6.07, 6.45) is 0. The normalized spacial score (nSPS) is 12.0. The van der Waals surface area contributed by atoms with Gasteiger partial charge in [0, 0.05) is 17.6 Å². The molecular formula is C17H20ClNO2. The molecule has 0 radical (unpaired) electrons. The molecule has 0 amide bonds. The van der Waals surface area contributed by atoms with E-state index in [2.05, 4.69) is 12.2 Å². The van der Waals surface area contributed by atoms with Crippen LogP contribution in [-0.2, 0) is 0 Å². The number of rotatable bonds is 7. The summed E-state index contributed by atoms with van der Waals surface area (Å²) >= 11 is 6.17. The molecule has 0 aliphatic rings. The lowest BCUT2D eigenvalue weighted by atomic mass is 10.1. The van der Waals surface area contributed by atoms with E-state index in [4.69, 9.17) is 21.1 Å². The molecule has 0 spiro atoms. The highest BCUT2D eigenvalue weighted by molar-refractivity contribution is 6.31. The third kappa shape index (κ3) is 4.66. The number of hydrogen-bond acceptors (Lipinski definition) is 3. The Morgan fingerprint density at radius 1 is 1.05 bits per heavy atom. The predicted octanol–water partition coefficient (Wildman–Crippen LogP) is 4.08. The smallest absolute Gasteiger partial charge is 0.119 e. The van der Waals surface area contributed by atoms with Crippen LogP contribution in [0.15, 0.2) is 48.5 Å². The van der Waals surface area contributed by atoms with Crippen molar-refractivity contribution in [2.75, 3.05) is 20.3 Å². The van der Waals surface area contributed by atoms with E-state index >= 15 is 0 Å². The lowest BCUT2D eigenvalue weighted by molar-refractivity contribution is 0.307. The van der Waals surface area contributed by atoms with Gasteiger partial charge in [0.1, 0.15) is 18.1 Å². The van der Waals surface area contributed by atoms with E-state index in [1.54, 1.807) is 7.11 Å². The molecule has 1 atom stereocenters. The summed E-state index contributed by atoms with van der Waals surface area (Å²) in [5, 5.41) is 4.18. The molecular weight excluding hydrogens is 286 g/mol. The van der Waals surface area contributed by atoms with Gasteiger partial charge in [0.2, 0.25) is 0 Å². The summed E-state index contributed by atoms with van der Waals surface area (Å²) in [4.78, 5) is 0. The van der Waals surface area contributed by atoms with Gasteiger partial charge in [0.15, 0.2) is 0 Å². The number of hydrogen-bond donors (Lipinski definition) is 1. The SMILES string of the molecule is COc1ccc(OCCN[C@@H](C)c2ccccc2Cl)cc1. The van der Waals surface area contributed by atoms with Crippen molar-refractivity contribution in [2.45, 2.75) is 13.0 Å². The predicted molar refractivity (Wildman–Crippen MR) is 86.4 cm³/mol. The first-order valence-corrected chi connectivity index (χ1v) is 7.33. The van der Waals surface area contributed by atoms with Crippen LogP contribution >= 0.6 is 11.6 Å². The Bertz CT molecular complexity index is 557. The van der Waals surface area contributed by atoms with Crippen LogP contribution in [-0.4, -0.2) is 20.3 Å². The number of nitrogens with one attached hydrogen (secondary N) is 1. The number of halogens is 1. The Balaban J connectivity index is 1.75. The van der Waals surface area contributed by atoms with Crippen LogP contribution in [0.4, 0.5) is 0 Å². The quantitative estimate of drug-likeness (QED) is 0.782. The van der Waals surface area contributed by atoms with Gasteiger partial charge in [-0.2, -0.15) is 0 Å². The average Bonchev–Trinajstić information content (AvgIpc) is 2.52. The van der Waals surface area contributed by atoms with Gasteiger partial charge < -0.3 is 14.8 Å². The van der Waals surface area contributed by atoms with E-state index in [0.29, 0.717) is 6.61 Å². The number of methoxy groups -OCH3 is 1. The van der Waals surface area contributed by atoms with Crippen molar-refractivity contribution in [2.24, 2.45) is 0 Å². The first-order chi connectivity index (χ1) is 10.2. The largest absolute Gasteiger partial charge is 0.497 e. The highest BCUT2D eigenvalue weighted by atomic mass is 35.5. The van der Waals surface area contributed by atoms with Gasteiger partial charge in [-0.3, -0.25) is 0 Å². The number of benzene rings is 2. The van der Waals surface area contributed by atoms with E-state index in [1.165, 1.54) is 0 Å². The first-order valence-electron chi connectivity index (χ1n) is 6.95. The van der Waals surface area contributed by atoms with Crippen molar-refractivity contribution in [3.63, 3.8) is 0 Å². The topological polar surface area (TPSA) is 30.5 Å². The van der Waals surface area contributed by atoms with Gasteiger partial charge in [-0.15, -0.1) is 0 Å². The molecule has 0 aliphatic heterocycles. The van der Waals surface area contributed by atoms with Gasteiger partial charge >= 0.3 is 0 Å². The monoisotopic (exact) mass is 305 g/mol. The molecule has 1 N–H and O–H groups in total. The van der Waals surface area contributed by atoms with Gasteiger partial charge in [0.05, 0.1) is 7.11 Å². The lowest BCUT2D eigenvalue weighted by Crippen LogP contribution is -2.24. The van der Waals surface area contributed by atoms with E-state index in [-0.39, 0.29) is 6.04 Å². The number of ether oxygens (including phenoxy) is 2. The van der Waals surface area contributed by atoms with Gasteiger partial charge in [0.25, 0.3) is 0 Å². The molecule has 4 heteroatoms. The van der Waals surface area contributed by atoms with Crippen LogP contribution < -0.4 is 14.8 Å². The van der Waals surface area contributed by atoms with Crippen LogP contribution in [0, 0.1) is 0 Å². The van der Waals surface area contributed by atoms with Crippen molar-refractivity contribution in [1.82, 2.24) is 5.32 Å². The summed E-state index contributed by atoms with van der Waals surface area (Å²) in [6, 6.07) is 15.6. The minimum absolute atomic E-state index is 0.193. The zero-order valence-corrected chi connectivity index (χ0v) is 13.1. The highest BCUT2D eigenvalue weighted by Gasteiger charge is 2.07. The van der Waals surface area contributed by atoms with Crippen LogP contribution in [0.5, 0.6) is 11.5 Å². The van der Waals surface area contributed by atoms with E-state index in [1.807, 2.05) is 48.5 Å². The van der Waals surface area contributed by atoms with Gasteiger partial charge in [-0.25, -0.2) is 0 Å². The summed E-state index contributed by atoms with van der Waals surface area (Å²) < 4.78 is 10.8. The Hall–Kier alpha value is -1.71. The Kier molecular flexibility index (Phi) is 5.90. The first kappa shape index (κ1) is 15.7. The van der Waals surface area contributed by atoms with Crippen LogP contribution in [0.25, 0.3) is 0 Å². The fraction of sp³-hybridized carbons (Fsp3) is 0.294. The molecule has 2 rings (SSSR count). The molecule has 0 heterocycles. The maximum Gasteiger partial charge on any atom is 0.119 e. The van der Waals surface area contributed by atoms with Crippen LogP contribution in [0.3, 0.4) is 0 Å². The maximum atomic E-state index is 6.17. The average molecular weight is 306 g/mol. The van der Waals surface area contributed by atoms with E-state index in [9.17, 15) is 0 Å². The zero-order chi connectivity index (χ0) is 15.1. The van der Waals surface area contributed by atoms with Gasteiger partial charge in [-0.1, -0.05) is 29.8 Å². The Morgan fingerprint density at radius 2 is 1.71 bits per heavy atom. The van der Waals surface area contributed by atoms with Crippen molar-refractivity contribution in [1.29, 1.82) is 0 Å². The van der Waals surface area contributed by atoms with Crippen molar-refractivity contribution >= 4 is 11.6 Å². The minimum atomic E-state index is 0.193. The second-order valence-electron chi connectivity index (χ2n) is 4.72. The summed E-state index contributed by atoms with van der Waals surface area (Å²) in [6.45, 7) is 3.44. The zero-order valence-electron chi connectivity index (χ0n) is 12.3. The van der Waals surface area contributed by atoms with Gasteiger partial charge in [-0.05, 0) is 42.8 Å². The second-order valence-corrected chi connectivity index (χ2v) is 5.13. The maximum absolute atomic E-state index is 6.17. The summed E-state index contributed by atoms with van der Waals surface area (Å²) in [7, 11) is 1.65. The standard InChI is InChI=1S/C17H20ClNO2/c1-13(16-5-3-4-6-17(16)18)19-11-12-21-15-9-7-14(20-2)8-10-15/h3-10,13,19H,11-12H2,1-2H3/t13-/m0/s1. The summed E-state index contributed by atoms with van der Waals surface area (Å²) in [5.41, 5.74) is 1.10. The molecule has 0 saturated heterocycles. The second kappa shape index (κ2) is 7.91. The summed E-state index contributed by atoms with van der Waals surface area (Å²) in [5.74, 6) is 1.66. The molecule has 0 aromatic heterocycles. The molecule has 0 bridgehead atoms. The fourth-order valence-corrected chi connectivity index (χ4v) is 2.35. The Labute approximate surface area is 130 Å². The molecule has 2 aromatic carbocycles. The third-order valence-corrected chi connectivity index (χ3v) is 3.60. The van der Waals surface area contributed by atoms with Crippen molar-refractivity contribution in [3.05, 3.63) is 59.1 Å². The molecule has 0 aliphatic carbocycles. The van der Waals surface area contributed by atoms with Crippen LogP contribution in [0.1, 0.15) is 18.5 Å². The molecule has 3 nitrogen and oxygen atoms in total. The molecule has 21 heavy (non-hydrogen) atoms. The molecule has 0 fully saturated rings. The molecule has 112 valence electrons. The fourth-order valence-electron chi connectivity index (χ4n) is 2.05. The minimum Gasteiger partial charge on any atom is -0.497 e.